The summed E-state index contributed by atoms with van der Waals surface area (Å²) in [6, 6.07) is 6.31. The van der Waals surface area contributed by atoms with Gasteiger partial charge in [-0.2, -0.15) is 5.26 Å². The van der Waals surface area contributed by atoms with Crippen LogP contribution in [0.2, 0.25) is 0 Å². The summed E-state index contributed by atoms with van der Waals surface area (Å²) in [5, 5.41) is 8.89. The average molecular weight is 275 g/mol. The van der Waals surface area contributed by atoms with Crippen LogP contribution in [-0.4, -0.2) is 47.9 Å². The molecule has 1 aliphatic rings. The van der Waals surface area contributed by atoms with Crippen molar-refractivity contribution in [1.29, 1.82) is 5.26 Å². The molecule has 1 unspecified atom stereocenters. The van der Waals surface area contributed by atoms with E-state index in [1.54, 1.807) is 11.8 Å². The Balaban J connectivity index is 2.04. The normalized spacial score (nSPS) is 17.6. The van der Waals surface area contributed by atoms with E-state index in [9.17, 15) is 9.18 Å². The number of carbonyl (C=O) groups is 1. The zero-order valence-electron chi connectivity index (χ0n) is 11.8. The Hall–Kier alpha value is -1.93. The summed E-state index contributed by atoms with van der Waals surface area (Å²) >= 11 is 0. The maximum absolute atomic E-state index is 13.1. The highest BCUT2D eigenvalue weighted by Gasteiger charge is 2.25. The number of hydrogen-bond acceptors (Lipinski definition) is 3. The van der Waals surface area contributed by atoms with Crippen molar-refractivity contribution in [3.8, 4) is 6.07 Å². The number of aryl methyl sites for hydroxylation is 1. The third kappa shape index (κ3) is 2.97. The minimum absolute atomic E-state index is 0.0632. The molecule has 106 valence electrons. The van der Waals surface area contributed by atoms with Crippen molar-refractivity contribution in [2.24, 2.45) is 0 Å². The van der Waals surface area contributed by atoms with E-state index in [0.29, 0.717) is 37.3 Å². The fourth-order valence-electron chi connectivity index (χ4n) is 2.43. The first-order chi connectivity index (χ1) is 9.52. The van der Waals surface area contributed by atoms with Gasteiger partial charge in [-0.3, -0.25) is 9.69 Å². The topological polar surface area (TPSA) is 47.3 Å². The van der Waals surface area contributed by atoms with Gasteiger partial charge >= 0.3 is 0 Å². The van der Waals surface area contributed by atoms with Crippen LogP contribution in [0.25, 0.3) is 0 Å². The highest BCUT2D eigenvalue weighted by atomic mass is 19.1. The molecule has 0 bridgehead atoms. The van der Waals surface area contributed by atoms with Gasteiger partial charge < -0.3 is 4.90 Å². The molecule has 1 heterocycles. The Bertz CT molecular complexity index is 545. The van der Waals surface area contributed by atoms with Crippen LogP contribution in [0.3, 0.4) is 0 Å². The number of carbonyl (C=O) groups excluding carboxylic acids is 1. The molecule has 0 radical (unpaired) electrons. The number of hydrogen-bond donors (Lipinski definition) is 0. The summed E-state index contributed by atoms with van der Waals surface area (Å²) < 4.78 is 13.1. The Morgan fingerprint density at radius 1 is 1.35 bits per heavy atom. The van der Waals surface area contributed by atoms with Crippen molar-refractivity contribution in [1.82, 2.24) is 9.80 Å². The maximum Gasteiger partial charge on any atom is 0.254 e. The lowest BCUT2D eigenvalue weighted by Crippen LogP contribution is -2.51. The predicted octanol–water partition coefficient (Wildman–Crippen LogP) is 1.80. The predicted molar refractivity (Wildman–Crippen MR) is 73.7 cm³/mol. The van der Waals surface area contributed by atoms with Gasteiger partial charge in [0.05, 0.1) is 12.1 Å². The van der Waals surface area contributed by atoms with Crippen molar-refractivity contribution >= 4 is 5.91 Å². The Labute approximate surface area is 118 Å². The van der Waals surface area contributed by atoms with E-state index < -0.39 is 0 Å². The van der Waals surface area contributed by atoms with E-state index >= 15 is 0 Å². The standard InChI is InChI=1S/C15H18FN3O/c1-11-9-13(16)3-4-14(11)15(20)19-7-5-18(6-8-19)12(2)10-17/h3-4,9,12H,5-8H2,1-2H3. The summed E-state index contributed by atoms with van der Waals surface area (Å²) in [6.45, 7) is 6.19. The highest BCUT2D eigenvalue weighted by molar-refractivity contribution is 5.95. The summed E-state index contributed by atoms with van der Waals surface area (Å²) in [5.41, 5.74) is 1.20. The summed E-state index contributed by atoms with van der Waals surface area (Å²) in [5.74, 6) is -0.390. The van der Waals surface area contributed by atoms with Crippen LogP contribution in [-0.2, 0) is 0 Å². The van der Waals surface area contributed by atoms with Crippen LogP contribution in [0.4, 0.5) is 4.39 Å². The van der Waals surface area contributed by atoms with Crippen LogP contribution in [0.1, 0.15) is 22.8 Å². The molecule has 1 aromatic rings. The molecule has 1 aliphatic heterocycles. The Kier molecular flexibility index (Phi) is 4.35. The number of halogens is 1. The van der Waals surface area contributed by atoms with Gasteiger partial charge in [-0.15, -0.1) is 0 Å². The van der Waals surface area contributed by atoms with Crippen molar-refractivity contribution in [3.63, 3.8) is 0 Å². The molecule has 1 aromatic carbocycles. The first-order valence-corrected chi connectivity index (χ1v) is 6.72. The molecule has 1 saturated heterocycles. The molecule has 0 N–H and O–H groups in total. The number of rotatable bonds is 2. The van der Waals surface area contributed by atoms with Gasteiger partial charge in [0.15, 0.2) is 0 Å². The molecular weight excluding hydrogens is 257 g/mol. The number of piperazine rings is 1. The Morgan fingerprint density at radius 2 is 2.00 bits per heavy atom. The third-order valence-electron chi connectivity index (χ3n) is 3.75. The van der Waals surface area contributed by atoms with Crippen LogP contribution >= 0.6 is 0 Å². The first-order valence-electron chi connectivity index (χ1n) is 6.72. The van der Waals surface area contributed by atoms with Crippen molar-refractivity contribution in [3.05, 3.63) is 35.1 Å². The van der Waals surface area contributed by atoms with Gasteiger partial charge in [0.2, 0.25) is 0 Å². The molecule has 0 aromatic heterocycles. The van der Waals surface area contributed by atoms with Crippen molar-refractivity contribution < 1.29 is 9.18 Å². The van der Waals surface area contributed by atoms with E-state index in [1.165, 1.54) is 18.2 Å². The van der Waals surface area contributed by atoms with E-state index in [0.717, 1.165) is 0 Å². The van der Waals surface area contributed by atoms with E-state index in [-0.39, 0.29) is 17.8 Å². The lowest BCUT2D eigenvalue weighted by Gasteiger charge is -2.36. The maximum atomic E-state index is 13.1. The van der Waals surface area contributed by atoms with Crippen LogP contribution in [0.5, 0.6) is 0 Å². The number of nitriles is 1. The monoisotopic (exact) mass is 275 g/mol. The summed E-state index contributed by atoms with van der Waals surface area (Å²) in [6.07, 6.45) is 0. The smallest absolute Gasteiger partial charge is 0.254 e. The molecular formula is C15H18FN3O. The second kappa shape index (κ2) is 6.02. The molecule has 20 heavy (non-hydrogen) atoms. The first kappa shape index (κ1) is 14.5. The highest BCUT2D eigenvalue weighted by Crippen LogP contribution is 2.15. The number of benzene rings is 1. The van der Waals surface area contributed by atoms with E-state index in [1.807, 2.05) is 6.92 Å². The average Bonchev–Trinajstić information content (AvgIpc) is 2.46. The van der Waals surface area contributed by atoms with Crippen LogP contribution in [0, 0.1) is 24.1 Å². The van der Waals surface area contributed by atoms with Crippen molar-refractivity contribution in [2.45, 2.75) is 19.9 Å². The largest absolute Gasteiger partial charge is 0.336 e. The van der Waals surface area contributed by atoms with Crippen LogP contribution < -0.4 is 0 Å². The fourth-order valence-corrected chi connectivity index (χ4v) is 2.43. The minimum atomic E-state index is -0.327. The van der Waals surface area contributed by atoms with Gasteiger partial charge in [-0.1, -0.05) is 0 Å². The molecule has 2 rings (SSSR count). The zero-order valence-corrected chi connectivity index (χ0v) is 11.8. The van der Waals surface area contributed by atoms with Crippen molar-refractivity contribution in [2.75, 3.05) is 26.2 Å². The van der Waals surface area contributed by atoms with Gasteiger partial charge in [-0.25, -0.2) is 4.39 Å². The third-order valence-corrected chi connectivity index (χ3v) is 3.75. The molecule has 1 fully saturated rings. The SMILES string of the molecule is Cc1cc(F)ccc1C(=O)N1CCN(C(C)C#N)CC1. The summed E-state index contributed by atoms with van der Waals surface area (Å²) in [7, 11) is 0. The van der Waals surface area contributed by atoms with E-state index in [2.05, 4.69) is 11.0 Å². The fraction of sp³-hybridized carbons (Fsp3) is 0.467. The molecule has 5 heteroatoms. The minimum Gasteiger partial charge on any atom is -0.336 e. The molecule has 0 aliphatic carbocycles. The molecule has 0 spiro atoms. The second-order valence-electron chi connectivity index (χ2n) is 5.09. The molecule has 0 saturated carbocycles. The molecule has 1 atom stereocenters. The molecule has 1 amide bonds. The number of nitrogens with zero attached hydrogens (tertiary/aromatic N) is 3. The lowest BCUT2D eigenvalue weighted by molar-refractivity contribution is 0.0615. The quantitative estimate of drug-likeness (QED) is 0.827. The second-order valence-corrected chi connectivity index (χ2v) is 5.09. The molecule has 4 nitrogen and oxygen atoms in total. The van der Waals surface area contributed by atoms with Crippen LogP contribution in [0.15, 0.2) is 18.2 Å². The van der Waals surface area contributed by atoms with Gasteiger partial charge in [0.25, 0.3) is 5.91 Å². The zero-order chi connectivity index (χ0) is 14.7. The van der Waals surface area contributed by atoms with E-state index in [4.69, 9.17) is 5.26 Å². The number of amides is 1. The van der Waals surface area contributed by atoms with Gasteiger partial charge in [-0.05, 0) is 37.6 Å². The Morgan fingerprint density at radius 3 is 2.55 bits per heavy atom. The van der Waals surface area contributed by atoms with Gasteiger partial charge in [0.1, 0.15) is 5.82 Å². The summed E-state index contributed by atoms with van der Waals surface area (Å²) in [4.78, 5) is 16.2. The van der Waals surface area contributed by atoms with Gasteiger partial charge in [0, 0.05) is 31.7 Å². The lowest BCUT2D eigenvalue weighted by atomic mass is 10.1.